The predicted molar refractivity (Wildman–Crippen MR) is 163 cm³/mol. The molecule has 0 spiro atoms. The minimum absolute atomic E-state index is 0.132. The van der Waals surface area contributed by atoms with Gasteiger partial charge in [-0.05, 0) is 84.5 Å². The Hall–Kier alpha value is -3.39. The standard InChI is InChI=1S/C31H39FN4O2S/c1-5-11-36(12-6-2)31(38)26-17-27-28(32)18-25(19-29(27)34-30(33)20-26)22-8-9-24(21-37)23(16-22)10-14-35(3)13-7-15-39-4/h8-10,14,16-19,21H,5-7,11-13,15,20H2,1-4H3,(H2,33,34)/b14-10-. The van der Waals surface area contributed by atoms with E-state index >= 15 is 4.39 Å². The third kappa shape index (κ3) is 8.05. The summed E-state index contributed by atoms with van der Waals surface area (Å²) in [5.74, 6) is 0.744. The highest BCUT2D eigenvalue weighted by atomic mass is 32.2. The van der Waals surface area contributed by atoms with Crippen LogP contribution in [0.2, 0.25) is 0 Å². The number of amidine groups is 1. The summed E-state index contributed by atoms with van der Waals surface area (Å²) in [5.41, 5.74) is 9.95. The lowest BCUT2D eigenvalue weighted by atomic mass is 9.97. The molecule has 1 aliphatic heterocycles. The van der Waals surface area contributed by atoms with Crippen molar-refractivity contribution in [3.05, 3.63) is 64.6 Å². The minimum atomic E-state index is -0.478. The number of nitrogens with two attached hydrogens (primary N) is 1. The van der Waals surface area contributed by atoms with Crippen molar-refractivity contribution in [2.24, 2.45) is 10.7 Å². The van der Waals surface area contributed by atoms with Gasteiger partial charge in [0.1, 0.15) is 11.7 Å². The molecule has 1 aliphatic rings. The lowest BCUT2D eigenvalue weighted by Crippen LogP contribution is -2.34. The number of carbonyl (C=O) groups excluding carboxylic acids is 2. The quantitative estimate of drug-likeness (QED) is 0.231. The first kappa shape index (κ1) is 30.2. The number of aliphatic imine (C=N–C) groups is 1. The zero-order chi connectivity index (χ0) is 28.4. The van der Waals surface area contributed by atoms with Crippen LogP contribution in [0, 0.1) is 5.82 Å². The van der Waals surface area contributed by atoms with Gasteiger partial charge in [0.25, 0.3) is 0 Å². The molecule has 0 aliphatic carbocycles. The van der Waals surface area contributed by atoms with Gasteiger partial charge in [0.2, 0.25) is 5.91 Å². The van der Waals surface area contributed by atoms with Gasteiger partial charge >= 0.3 is 0 Å². The fourth-order valence-corrected chi connectivity index (χ4v) is 4.98. The number of hydrogen-bond donors (Lipinski definition) is 1. The van der Waals surface area contributed by atoms with E-state index in [1.54, 1.807) is 29.2 Å². The molecule has 0 fully saturated rings. The summed E-state index contributed by atoms with van der Waals surface area (Å²) in [6, 6.07) is 8.64. The number of carbonyl (C=O) groups is 2. The van der Waals surface area contributed by atoms with Gasteiger partial charge in [-0.15, -0.1) is 0 Å². The van der Waals surface area contributed by atoms with Crippen LogP contribution in [0.15, 0.2) is 47.1 Å². The van der Waals surface area contributed by atoms with E-state index in [2.05, 4.69) is 16.1 Å². The fourth-order valence-electron chi connectivity index (χ4n) is 4.56. The zero-order valence-electron chi connectivity index (χ0n) is 23.4. The highest BCUT2D eigenvalue weighted by Crippen LogP contribution is 2.35. The zero-order valence-corrected chi connectivity index (χ0v) is 24.2. The number of fused-ring (bicyclic) bond motifs is 1. The van der Waals surface area contributed by atoms with E-state index in [0.717, 1.165) is 49.0 Å². The lowest BCUT2D eigenvalue weighted by Gasteiger charge is -2.22. The Kier molecular flexibility index (Phi) is 11.3. The Bertz CT molecular complexity index is 1270. The first-order chi connectivity index (χ1) is 18.8. The second-order valence-electron chi connectivity index (χ2n) is 9.74. The van der Waals surface area contributed by atoms with Crippen LogP contribution in [0.1, 0.15) is 61.0 Å². The Morgan fingerprint density at radius 1 is 1.10 bits per heavy atom. The molecule has 0 saturated heterocycles. The highest BCUT2D eigenvalue weighted by Gasteiger charge is 2.23. The number of aldehydes is 1. The van der Waals surface area contributed by atoms with Crippen LogP contribution in [-0.2, 0) is 4.79 Å². The summed E-state index contributed by atoms with van der Waals surface area (Å²) >= 11 is 1.82. The summed E-state index contributed by atoms with van der Waals surface area (Å²) in [5, 5.41) is 0. The smallest absolute Gasteiger partial charge is 0.250 e. The molecule has 2 aromatic carbocycles. The highest BCUT2D eigenvalue weighted by molar-refractivity contribution is 7.98. The molecule has 3 rings (SSSR count). The van der Waals surface area contributed by atoms with Crippen LogP contribution in [0.3, 0.4) is 0 Å². The molecular weight excluding hydrogens is 511 g/mol. The van der Waals surface area contributed by atoms with Gasteiger partial charge in [-0.3, -0.25) is 9.59 Å². The maximum absolute atomic E-state index is 15.5. The molecule has 6 nitrogen and oxygen atoms in total. The number of amides is 1. The van der Waals surface area contributed by atoms with Gasteiger partial charge < -0.3 is 15.5 Å². The second kappa shape index (κ2) is 14.7. The van der Waals surface area contributed by atoms with E-state index in [-0.39, 0.29) is 23.7 Å². The summed E-state index contributed by atoms with van der Waals surface area (Å²) in [7, 11) is 2.00. The van der Waals surface area contributed by atoms with E-state index in [1.807, 2.05) is 51.0 Å². The van der Waals surface area contributed by atoms with Crippen molar-refractivity contribution in [3.8, 4) is 11.1 Å². The number of nitrogens with zero attached hydrogens (tertiary/aromatic N) is 3. The monoisotopic (exact) mass is 550 g/mol. The number of halogens is 1. The van der Waals surface area contributed by atoms with E-state index in [9.17, 15) is 9.59 Å². The molecule has 0 aromatic heterocycles. The lowest BCUT2D eigenvalue weighted by molar-refractivity contribution is -0.127. The number of rotatable bonds is 13. The van der Waals surface area contributed by atoms with Gasteiger partial charge in [-0.2, -0.15) is 11.8 Å². The van der Waals surface area contributed by atoms with Crippen molar-refractivity contribution in [3.63, 3.8) is 0 Å². The summed E-state index contributed by atoms with van der Waals surface area (Å²) in [6.45, 7) is 6.23. The maximum Gasteiger partial charge on any atom is 0.250 e. The van der Waals surface area contributed by atoms with Crippen LogP contribution in [0.4, 0.5) is 10.1 Å². The topological polar surface area (TPSA) is 79.0 Å². The molecule has 0 saturated carbocycles. The minimum Gasteiger partial charge on any atom is -0.387 e. The van der Waals surface area contributed by atoms with Gasteiger partial charge in [0.15, 0.2) is 6.29 Å². The molecule has 0 unspecified atom stereocenters. The van der Waals surface area contributed by atoms with Crippen molar-refractivity contribution in [2.45, 2.75) is 39.5 Å². The van der Waals surface area contributed by atoms with Crippen molar-refractivity contribution < 1.29 is 14.0 Å². The first-order valence-electron chi connectivity index (χ1n) is 13.4. The Morgan fingerprint density at radius 2 is 1.85 bits per heavy atom. The number of benzene rings is 2. The van der Waals surface area contributed by atoms with E-state index in [4.69, 9.17) is 5.73 Å². The van der Waals surface area contributed by atoms with Crippen molar-refractivity contribution in [1.29, 1.82) is 0 Å². The molecule has 8 heteroatoms. The second-order valence-corrected chi connectivity index (χ2v) is 10.7. The molecule has 39 heavy (non-hydrogen) atoms. The SMILES string of the molecule is CCCN(CCC)C(=O)C1=Cc2c(F)cc(-c3ccc(C=O)c(/C=C\N(C)CCCSC)c3)cc2N=C(N)C1. The molecular formula is C31H39FN4O2S. The van der Waals surface area contributed by atoms with E-state index in [0.29, 0.717) is 35.5 Å². The van der Waals surface area contributed by atoms with Crippen LogP contribution in [0.5, 0.6) is 0 Å². The fraction of sp³-hybridized carbons (Fsp3) is 0.387. The molecule has 208 valence electrons. The molecule has 1 amide bonds. The third-order valence-electron chi connectivity index (χ3n) is 6.53. The van der Waals surface area contributed by atoms with Gasteiger partial charge in [0.05, 0.1) is 5.69 Å². The van der Waals surface area contributed by atoms with Crippen LogP contribution in [0.25, 0.3) is 23.3 Å². The van der Waals surface area contributed by atoms with Crippen molar-refractivity contribution in [1.82, 2.24) is 9.80 Å². The van der Waals surface area contributed by atoms with E-state index < -0.39 is 5.82 Å². The maximum atomic E-state index is 15.5. The van der Waals surface area contributed by atoms with E-state index in [1.165, 1.54) is 6.07 Å². The predicted octanol–water partition coefficient (Wildman–Crippen LogP) is 6.39. The van der Waals surface area contributed by atoms with Crippen LogP contribution < -0.4 is 5.73 Å². The molecule has 2 aromatic rings. The average molecular weight is 551 g/mol. The Labute approximate surface area is 235 Å². The third-order valence-corrected chi connectivity index (χ3v) is 7.22. The summed E-state index contributed by atoms with van der Waals surface area (Å²) < 4.78 is 15.5. The Balaban J connectivity index is 1.97. The largest absolute Gasteiger partial charge is 0.387 e. The first-order valence-corrected chi connectivity index (χ1v) is 14.8. The summed E-state index contributed by atoms with van der Waals surface area (Å²) in [6.07, 6.45) is 11.3. The molecule has 0 bridgehead atoms. The average Bonchev–Trinajstić information content (AvgIpc) is 3.09. The molecule has 0 atom stereocenters. The van der Waals surface area contributed by atoms with Crippen LogP contribution in [-0.4, -0.2) is 66.5 Å². The number of hydrogen-bond acceptors (Lipinski definition) is 6. The van der Waals surface area contributed by atoms with Gasteiger partial charge in [-0.1, -0.05) is 26.0 Å². The Morgan fingerprint density at radius 3 is 2.51 bits per heavy atom. The molecule has 0 radical (unpaired) electrons. The van der Waals surface area contributed by atoms with Crippen molar-refractivity contribution >= 4 is 47.6 Å². The summed E-state index contributed by atoms with van der Waals surface area (Å²) in [4.78, 5) is 33.3. The van der Waals surface area contributed by atoms with Crippen LogP contribution >= 0.6 is 11.8 Å². The normalized spacial score (nSPS) is 12.9. The molecule has 1 heterocycles. The van der Waals surface area contributed by atoms with Gasteiger partial charge in [-0.25, -0.2) is 9.38 Å². The van der Waals surface area contributed by atoms with Crippen molar-refractivity contribution in [2.75, 3.05) is 38.7 Å². The van der Waals surface area contributed by atoms with Gasteiger partial charge in [0, 0.05) is 49.8 Å². The number of thioether (sulfide) groups is 1. The molecule has 2 N–H and O–H groups in total.